The number of halogens is 1. The number of carbonyl (C=O) groups is 1. The van der Waals surface area contributed by atoms with Crippen LogP contribution in [0.1, 0.15) is 31.6 Å². The fraction of sp³-hybridized carbons (Fsp3) is 0.615. The van der Waals surface area contributed by atoms with Gasteiger partial charge >= 0.3 is 5.97 Å². The van der Waals surface area contributed by atoms with E-state index >= 15 is 0 Å². The lowest BCUT2D eigenvalue weighted by molar-refractivity contribution is -0.141. The molecule has 0 aliphatic carbocycles. The van der Waals surface area contributed by atoms with Crippen molar-refractivity contribution in [1.29, 1.82) is 0 Å². The van der Waals surface area contributed by atoms with E-state index in [0.29, 0.717) is 6.54 Å². The Balaban J connectivity index is 2.25. The molecule has 1 aromatic rings. The molecule has 18 heavy (non-hydrogen) atoms. The van der Waals surface area contributed by atoms with Gasteiger partial charge in [-0.25, -0.2) is 0 Å². The zero-order chi connectivity index (χ0) is 13.5. The molecule has 100 valence electrons. The van der Waals surface area contributed by atoms with Gasteiger partial charge in [-0.1, -0.05) is 11.6 Å². The maximum absolute atomic E-state index is 11.4. The maximum Gasteiger partial charge on any atom is 0.308 e. The van der Waals surface area contributed by atoms with E-state index in [0.717, 1.165) is 15.8 Å². The second kappa shape index (κ2) is 4.83. The highest BCUT2D eigenvalue weighted by Crippen LogP contribution is 2.40. The smallest absolute Gasteiger partial charge is 0.308 e. The van der Waals surface area contributed by atoms with Crippen molar-refractivity contribution in [3.8, 4) is 0 Å². The van der Waals surface area contributed by atoms with E-state index in [-0.39, 0.29) is 17.4 Å². The van der Waals surface area contributed by atoms with Gasteiger partial charge in [0, 0.05) is 29.4 Å². The molecule has 1 aliphatic heterocycles. The van der Waals surface area contributed by atoms with Crippen LogP contribution in [0.2, 0.25) is 4.34 Å². The fourth-order valence-electron chi connectivity index (χ4n) is 2.42. The van der Waals surface area contributed by atoms with E-state index < -0.39 is 5.97 Å². The summed E-state index contributed by atoms with van der Waals surface area (Å²) in [6, 6.07) is 3.81. The van der Waals surface area contributed by atoms with Crippen LogP contribution in [-0.2, 0) is 4.79 Å². The molecule has 0 aromatic carbocycles. The van der Waals surface area contributed by atoms with Crippen LogP contribution in [0.4, 0.5) is 0 Å². The highest BCUT2D eigenvalue weighted by Gasteiger charge is 2.42. The lowest BCUT2D eigenvalue weighted by Crippen LogP contribution is -2.40. The Hall–Kier alpha value is -0.580. The molecule has 2 heterocycles. The largest absolute Gasteiger partial charge is 0.481 e. The van der Waals surface area contributed by atoms with Gasteiger partial charge in [0.15, 0.2) is 0 Å². The fourth-order valence-corrected chi connectivity index (χ4v) is 3.64. The third-order valence-electron chi connectivity index (χ3n) is 3.55. The van der Waals surface area contributed by atoms with Gasteiger partial charge < -0.3 is 5.11 Å². The first kappa shape index (κ1) is 13.8. The molecule has 1 aliphatic rings. The molecule has 2 atom stereocenters. The predicted octanol–water partition coefficient (Wildman–Crippen LogP) is 3.30. The zero-order valence-corrected chi connectivity index (χ0v) is 12.4. The highest BCUT2D eigenvalue weighted by atomic mass is 35.5. The van der Waals surface area contributed by atoms with Crippen LogP contribution < -0.4 is 0 Å². The van der Waals surface area contributed by atoms with Crippen molar-refractivity contribution in [2.45, 2.75) is 32.2 Å². The second-order valence-corrected chi connectivity index (χ2v) is 7.52. The van der Waals surface area contributed by atoms with Gasteiger partial charge in [0.25, 0.3) is 0 Å². The number of hydrogen-bond donors (Lipinski definition) is 1. The predicted molar refractivity (Wildman–Crippen MR) is 74.5 cm³/mol. The van der Waals surface area contributed by atoms with Crippen LogP contribution in [-0.4, -0.2) is 34.6 Å². The van der Waals surface area contributed by atoms with Gasteiger partial charge in [0.2, 0.25) is 0 Å². The van der Waals surface area contributed by atoms with Gasteiger partial charge in [-0.05, 0) is 32.9 Å². The SMILES string of the molecule is CC(C)(C)N1CC(C(=O)O)C(c2ccc(Cl)s2)C1. The van der Waals surface area contributed by atoms with Crippen molar-refractivity contribution in [3.63, 3.8) is 0 Å². The van der Waals surface area contributed by atoms with Gasteiger partial charge in [-0.2, -0.15) is 0 Å². The second-order valence-electron chi connectivity index (χ2n) is 5.77. The van der Waals surface area contributed by atoms with E-state index in [1.807, 2.05) is 12.1 Å². The number of likely N-dealkylation sites (tertiary alicyclic amines) is 1. The number of carboxylic acids is 1. The van der Waals surface area contributed by atoms with Crippen molar-refractivity contribution in [1.82, 2.24) is 4.90 Å². The summed E-state index contributed by atoms with van der Waals surface area (Å²) in [5.41, 5.74) is 0.00348. The minimum absolute atomic E-state index is 0.00348. The first-order valence-corrected chi connectivity index (χ1v) is 7.21. The number of hydrogen-bond acceptors (Lipinski definition) is 3. The Morgan fingerprint density at radius 2 is 2.11 bits per heavy atom. The standard InChI is InChI=1S/C13H18ClNO2S/c1-13(2,3)15-6-8(9(7-15)12(16)17)10-4-5-11(14)18-10/h4-5,8-9H,6-7H2,1-3H3,(H,16,17). The van der Waals surface area contributed by atoms with E-state index in [9.17, 15) is 9.90 Å². The van der Waals surface area contributed by atoms with Crippen molar-refractivity contribution in [3.05, 3.63) is 21.3 Å². The third-order valence-corrected chi connectivity index (χ3v) is 4.91. The third kappa shape index (κ3) is 2.71. The Bertz CT molecular complexity index is 452. The molecule has 2 rings (SSSR count). The Morgan fingerprint density at radius 3 is 2.56 bits per heavy atom. The first-order chi connectivity index (χ1) is 8.29. The number of aliphatic carboxylic acids is 1. The topological polar surface area (TPSA) is 40.5 Å². The van der Waals surface area contributed by atoms with Gasteiger partial charge in [-0.3, -0.25) is 9.69 Å². The zero-order valence-electron chi connectivity index (χ0n) is 10.8. The molecule has 3 nitrogen and oxygen atoms in total. The van der Waals surface area contributed by atoms with Crippen LogP contribution in [0, 0.1) is 5.92 Å². The van der Waals surface area contributed by atoms with Crippen LogP contribution >= 0.6 is 22.9 Å². The normalized spacial score (nSPS) is 25.6. The van der Waals surface area contributed by atoms with Crippen LogP contribution in [0.5, 0.6) is 0 Å². The van der Waals surface area contributed by atoms with E-state index in [2.05, 4.69) is 25.7 Å². The first-order valence-electron chi connectivity index (χ1n) is 6.02. The summed E-state index contributed by atoms with van der Waals surface area (Å²) < 4.78 is 0.725. The molecule has 0 amide bonds. The highest BCUT2D eigenvalue weighted by molar-refractivity contribution is 7.16. The van der Waals surface area contributed by atoms with Crippen molar-refractivity contribution in [2.75, 3.05) is 13.1 Å². The lowest BCUT2D eigenvalue weighted by Gasteiger charge is -2.31. The van der Waals surface area contributed by atoms with Crippen molar-refractivity contribution < 1.29 is 9.90 Å². The molecule has 1 fully saturated rings. The van der Waals surface area contributed by atoms with Crippen LogP contribution in [0.25, 0.3) is 0 Å². The summed E-state index contributed by atoms with van der Waals surface area (Å²) in [5.74, 6) is -0.991. The number of carboxylic acid groups (broad SMARTS) is 1. The number of rotatable bonds is 2. The van der Waals surface area contributed by atoms with Crippen LogP contribution in [0.15, 0.2) is 12.1 Å². The Morgan fingerprint density at radius 1 is 1.44 bits per heavy atom. The average Bonchev–Trinajstić information content (AvgIpc) is 2.81. The molecule has 0 saturated carbocycles. The monoisotopic (exact) mass is 287 g/mol. The average molecular weight is 288 g/mol. The van der Waals surface area contributed by atoms with Gasteiger partial charge in [0.05, 0.1) is 10.3 Å². The van der Waals surface area contributed by atoms with Gasteiger partial charge in [-0.15, -0.1) is 11.3 Å². The van der Waals surface area contributed by atoms with Crippen molar-refractivity contribution in [2.24, 2.45) is 5.92 Å². The lowest BCUT2D eigenvalue weighted by atomic mass is 9.95. The summed E-state index contributed by atoms with van der Waals surface area (Å²) in [7, 11) is 0. The van der Waals surface area contributed by atoms with Crippen molar-refractivity contribution >= 4 is 28.9 Å². The van der Waals surface area contributed by atoms with Crippen LogP contribution in [0.3, 0.4) is 0 Å². The van der Waals surface area contributed by atoms with E-state index in [4.69, 9.17) is 11.6 Å². The van der Waals surface area contributed by atoms with E-state index in [1.54, 1.807) is 0 Å². The molecule has 0 bridgehead atoms. The molecule has 1 N–H and O–H groups in total. The molecular formula is C13H18ClNO2S. The molecular weight excluding hydrogens is 270 g/mol. The summed E-state index contributed by atoms with van der Waals surface area (Å²) in [5, 5.41) is 9.38. The molecule has 1 aromatic heterocycles. The van der Waals surface area contributed by atoms with Gasteiger partial charge in [0.1, 0.15) is 0 Å². The molecule has 0 spiro atoms. The Kier molecular flexibility index (Phi) is 3.72. The summed E-state index contributed by atoms with van der Waals surface area (Å²) >= 11 is 7.44. The molecule has 0 radical (unpaired) electrons. The molecule has 1 saturated heterocycles. The number of thiophene rings is 1. The number of nitrogens with zero attached hydrogens (tertiary/aromatic N) is 1. The maximum atomic E-state index is 11.4. The minimum Gasteiger partial charge on any atom is -0.481 e. The summed E-state index contributed by atoms with van der Waals surface area (Å²) in [6.07, 6.45) is 0. The quantitative estimate of drug-likeness (QED) is 0.907. The molecule has 5 heteroatoms. The minimum atomic E-state index is -0.712. The van der Waals surface area contributed by atoms with E-state index in [1.165, 1.54) is 11.3 Å². The Labute approximate surface area is 116 Å². The summed E-state index contributed by atoms with van der Waals surface area (Å²) in [4.78, 5) is 14.7. The summed E-state index contributed by atoms with van der Waals surface area (Å²) in [6.45, 7) is 7.76. The molecule has 2 unspecified atom stereocenters.